The smallest absolute Gasteiger partial charge is 0.111 e. The number of halogens is 1. The number of hydrogen-bond donors (Lipinski definition) is 2. The number of nitrogens with zero attached hydrogens (tertiary/aromatic N) is 1. The van der Waals surface area contributed by atoms with Crippen LogP contribution in [0.2, 0.25) is 0 Å². The van der Waals surface area contributed by atoms with Crippen molar-refractivity contribution in [2.75, 3.05) is 0 Å². The molecular formula is C11H15BrN2O. The van der Waals surface area contributed by atoms with Crippen molar-refractivity contribution < 1.29 is 5.11 Å². The Morgan fingerprint density at radius 3 is 2.73 bits per heavy atom. The quantitative estimate of drug-likeness (QED) is 0.767. The third-order valence-electron chi connectivity index (χ3n) is 3.14. The zero-order chi connectivity index (χ0) is 10.9. The van der Waals surface area contributed by atoms with Gasteiger partial charge in [0.05, 0.1) is 6.10 Å². The molecule has 82 valence electrons. The molecule has 0 amide bonds. The fourth-order valence-corrected chi connectivity index (χ4v) is 2.79. The van der Waals surface area contributed by atoms with Crippen LogP contribution in [-0.4, -0.2) is 16.2 Å². The molecule has 1 aliphatic rings. The molecule has 0 aromatic carbocycles. The van der Waals surface area contributed by atoms with Crippen LogP contribution in [0.5, 0.6) is 0 Å². The molecule has 0 aliphatic heterocycles. The predicted molar refractivity (Wildman–Crippen MR) is 62.3 cm³/mol. The first-order valence-electron chi connectivity index (χ1n) is 5.20. The number of hydrogen-bond acceptors (Lipinski definition) is 3. The Morgan fingerprint density at radius 1 is 1.47 bits per heavy atom. The second kappa shape index (κ2) is 4.20. The van der Waals surface area contributed by atoms with Gasteiger partial charge in [-0.05, 0) is 47.7 Å². The minimum Gasteiger partial charge on any atom is -0.393 e. The molecule has 1 aromatic heterocycles. The summed E-state index contributed by atoms with van der Waals surface area (Å²) in [5.74, 6) is 0. The van der Waals surface area contributed by atoms with E-state index in [2.05, 4.69) is 20.9 Å². The van der Waals surface area contributed by atoms with Gasteiger partial charge in [-0.3, -0.25) is 0 Å². The summed E-state index contributed by atoms with van der Waals surface area (Å²) >= 11 is 3.43. The molecule has 0 saturated heterocycles. The minimum absolute atomic E-state index is 0.183. The fraction of sp³-hybridized carbons (Fsp3) is 0.545. The van der Waals surface area contributed by atoms with Gasteiger partial charge in [0.1, 0.15) is 4.60 Å². The highest BCUT2D eigenvalue weighted by Gasteiger charge is 2.34. The lowest BCUT2D eigenvalue weighted by Gasteiger charge is -2.36. The van der Waals surface area contributed by atoms with Crippen LogP contribution in [-0.2, 0) is 5.54 Å². The van der Waals surface area contributed by atoms with Crippen LogP contribution in [0.15, 0.2) is 22.9 Å². The van der Waals surface area contributed by atoms with Crippen LogP contribution in [0.4, 0.5) is 0 Å². The maximum atomic E-state index is 9.47. The summed E-state index contributed by atoms with van der Waals surface area (Å²) in [5.41, 5.74) is 7.09. The van der Waals surface area contributed by atoms with Gasteiger partial charge in [-0.1, -0.05) is 6.07 Å². The van der Waals surface area contributed by atoms with Crippen molar-refractivity contribution >= 4 is 15.9 Å². The van der Waals surface area contributed by atoms with E-state index >= 15 is 0 Å². The lowest BCUT2D eigenvalue weighted by molar-refractivity contribution is 0.0966. The van der Waals surface area contributed by atoms with E-state index in [9.17, 15) is 5.11 Å². The summed E-state index contributed by atoms with van der Waals surface area (Å²) in [4.78, 5) is 4.19. The standard InChI is InChI=1S/C11H15BrN2O/c12-10-9(2-1-7-14-10)11(13)5-3-8(15)4-6-11/h1-2,7-8,15H,3-6,13H2. The highest BCUT2D eigenvalue weighted by Crippen LogP contribution is 2.37. The number of aliphatic hydroxyl groups excluding tert-OH is 1. The Labute approximate surface area is 97.8 Å². The lowest BCUT2D eigenvalue weighted by atomic mass is 9.77. The van der Waals surface area contributed by atoms with Crippen molar-refractivity contribution in [1.82, 2.24) is 4.98 Å². The number of aromatic nitrogens is 1. The van der Waals surface area contributed by atoms with E-state index < -0.39 is 0 Å². The molecule has 1 heterocycles. The largest absolute Gasteiger partial charge is 0.393 e. The summed E-state index contributed by atoms with van der Waals surface area (Å²) in [6.07, 6.45) is 4.75. The lowest BCUT2D eigenvalue weighted by Crippen LogP contribution is -2.42. The van der Waals surface area contributed by atoms with Crippen LogP contribution in [0, 0.1) is 0 Å². The van der Waals surface area contributed by atoms with Crippen LogP contribution in [0.3, 0.4) is 0 Å². The van der Waals surface area contributed by atoms with E-state index in [1.807, 2.05) is 12.1 Å². The summed E-state index contributed by atoms with van der Waals surface area (Å²) in [5, 5.41) is 9.47. The maximum Gasteiger partial charge on any atom is 0.111 e. The summed E-state index contributed by atoms with van der Waals surface area (Å²) in [7, 11) is 0. The Kier molecular flexibility index (Phi) is 3.09. The van der Waals surface area contributed by atoms with Crippen LogP contribution >= 0.6 is 15.9 Å². The normalized spacial score (nSPS) is 31.5. The highest BCUT2D eigenvalue weighted by molar-refractivity contribution is 9.10. The molecule has 1 aliphatic carbocycles. The van der Waals surface area contributed by atoms with Crippen molar-refractivity contribution in [3.05, 3.63) is 28.5 Å². The molecule has 4 heteroatoms. The van der Waals surface area contributed by atoms with E-state index in [0.717, 1.165) is 35.8 Å². The Balaban J connectivity index is 2.26. The first-order valence-corrected chi connectivity index (χ1v) is 5.99. The minimum atomic E-state index is -0.327. The summed E-state index contributed by atoms with van der Waals surface area (Å²) < 4.78 is 0.823. The van der Waals surface area contributed by atoms with Gasteiger partial charge in [0, 0.05) is 17.3 Å². The third-order valence-corrected chi connectivity index (χ3v) is 3.77. The summed E-state index contributed by atoms with van der Waals surface area (Å²) in [6.45, 7) is 0. The Bertz CT molecular complexity index is 348. The monoisotopic (exact) mass is 270 g/mol. The molecule has 15 heavy (non-hydrogen) atoms. The van der Waals surface area contributed by atoms with Crippen LogP contribution < -0.4 is 5.73 Å². The van der Waals surface area contributed by atoms with Gasteiger partial charge in [-0.25, -0.2) is 4.98 Å². The van der Waals surface area contributed by atoms with E-state index in [1.165, 1.54) is 0 Å². The second-order valence-electron chi connectivity index (χ2n) is 4.23. The zero-order valence-electron chi connectivity index (χ0n) is 8.49. The average molecular weight is 271 g/mol. The molecule has 2 rings (SSSR count). The van der Waals surface area contributed by atoms with E-state index in [1.54, 1.807) is 6.20 Å². The first kappa shape index (κ1) is 11.0. The van der Waals surface area contributed by atoms with Crippen LogP contribution in [0.25, 0.3) is 0 Å². The van der Waals surface area contributed by atoms with Crippen molar-refractivity contribution in [3.8, 4) is 0 Å². The highest BCUT2D eigenvalue weighted by atomic mass is 79.9. The first-order chi connectivity index (χ1) is 7.12. The van der Waals surface area contributed by atoms with E-state index in [-0.39, 0.29) is 11.6 Å². The van der Waals surface area contributed by atoms with Gasteiger partial charge in [-0.15, -0.1) is 0 Å². The molecule has 0 atom stereocenters. The maximum absolute atomic E-state index is 9.47. The van der Waals surface area contributed by atoms with Gasteiger partial charge in [-0.2, -0.15) is 0 Å². The van der Waals surface area contributed by atoms with Crippen molar-refractivity contribution in [2.24, 2.45) is 5.73 Å². The molecule has 0 bridgehead atoms. The van der Waals surface area contributed by atoms with Gasteiger partial charge in [0.15, 0.2) is 0 Å². The Morgan fingerprint density at radius 2 is 2.13 bits per heavy atom. The van der Waals surface area contributed by atoms with Gasteiger partial charge < -0.3 is 10.8 Å². The van der Waals surface area contributed by atoms with Crippen molar-refractivity contribution in [2.45, 2.75) is 37.3 Å². The van der Waals surface area contributed by atoms with Gasteiger partial charge >= 0.3 is 0 Å². The second-order valence-corrected chi connectivity index (χ2v) is 4.98. The molecule has 3 N–H and O–H groups in total. The predicted octanol–water partition coefficient (Wildman–Crippen LogP) is 1.93. The van der Waals surface area contributed by atoms with Crippen LogP contribution in [0.1, 0.15) is 31.2 Å². The molecule has 1 aromatic rings. The molecular weight excluding hydrogens is 256 g/mol. The molecule has 0 spiro atoms. The van der Waals surface area contributed by atoms with Crippen molar-refractivity contribution in [3.63, 3.8) is 0 Å². The number of pyridine rings is 1. The van der Waals surface area contributed by atoms with E-state index in [4.69, 9.17) is 5.73 Å². The SMILES string of the molecule is NC1(c2cccnc2Br)CCC(O)CC1. The summed E-state index contributed by atoms with van der Waals surface area (Å²) in [6, 6.07) is 3.91. The van der Waals surface area contributed by atoms with Crippen molar-refractivity contribution in [1.29, 1.82) is 0 Å². The zero-order valence-corrected chi connectivity index (χ0v) is 10.1. The van der Waals surface area contributed by atoms with E-state index in [0.29, 0.717) is 0 Å². The molecule has 1 saturated carbocycles. The molecule has 0 unspecified atom stereocenters. The van der Waals surface area contributed by atoms with Gasteiger partial charge in [0.25, 0.3) is 0 Å². The molecule has 0 radical (unpaired) electrons. The number of rotatable bonds is 1. The Hall–Kier alpha value is -0.450. The average Bonchev–Trinajstić information content (AvgIpc) is 2.23. The molecule has 3 nitrogen and oxygen atoms in total. The number of aliphatic hydroxyl groups is 1. The van der Waals surface area contributed by atoms with Gasteiger partial charge in [0.2, 0.25) is 0 Å². The molecule has 1 fully saturated rings. The fourth-order valence-electron chi connectivity index (χ4n) is 2.14. The third kappa shape index (κ3) is 2.22. The number of nitrogens with two attached hydrogens (primary N) is 1. The topological polar surface area (TPSA) is 59.1 Å².